The third-order valence-corrected chi connectivity index (χ3v) is 6.00. The van der Waals surface area contributed by atoms with Crippen LogP contribution in [0.25, 0.3) is 16.9 Å². The van der Waals surface area contributed by atoms with E-state index in [1.807, 2.05) is 60.8 Å². The fourth-order valence-electron chi connectivity index (χ4n) is 3.60. The lowest BCUT2D eigenvalue weighted by Gasteiger charge is -2.11. The molecule has 0 bridgehead atoms. The van der Waals surface area contributed by atoms with E-state index >= 15 is 0 Å². The minimum atomic E-state index is -0.178. The van der Waals surface area contributed by atoms with E-state index in [0.29, 0.717) is 27.3 Å². The van der Waals surface area contributed by atoms with Crippen LogP contribution in [-0.4, -0.2) is 26.3 Å². The Labute approximate surface area is 188 Å². The summed E-state index contributed by atoms with van der Waals surface area (Å²) in [6.45, 7) is 1.94. The summed E-state index contributed by atoms with van der Waals surface area (Å²) in [5, 5.41) is 9.29. The summed E-state index contributed by atoms with van der Waals surface area (Å²) in [6.07, 6.45) is 3.31. The molecule has 32 heavy (non-hydrogen) atoms. The SMILES string of the molecule is Cc1cnc2c(C(=O)c3cccs3)cnn2c1-c1cccc(NC(=O)c2ccccc2)c1. The van der Waals surface area contributed by atoms with Crippen LogP contribution >= 0.6 is 11.3 Å². The Morgan fingerprint density at radius 2 is 1.81 bits per heavy atom. The van der Waals surface area contributed by atoms with Crippen LogP contribution in [0.2, 0.25) is 0 Å². The molecule has 0 aliphatic heterocycles. The number of hydrogen-bond donors (Lipinski definition) is 1. The summed E-state index contributed by atoms with van der Waals surface area (Å²) in [7, 11) is 0. The molecule has 0 aliphatic carbocycles. The van der Waals surface area contributed by atoms with Crippen LogP contribution in [0.3, 0.4) is 0 Å². The highest BCUT2D eigenvalue weighted by Gasteiger charge is 2.20. The summed E-state index contributed by atoms with van der Waals surface area (Å²) in [5.74, 6) is -0.275. The van der Waals surface area contributed by atoms with Gasteiger partial charge < -0.3 is 5.32 Å². The lowest BCUT2D eigenvalue weighted by atomic mass is 10.1. The van der Waals surface area contributed by atoms with Crippen molar-refractivity contribution in [2.75, 3.05) is 5.32 Å². The highest BCUT2D eigenvalue weighted by atomic mass is 32.1. The van der Waals surface area contributed by atoms with E-state index in [9.17, 15) is 9.59 Å². The molecule has 156 valence electrons. The average molecular weight is 439 g/mol. The van der Waals surface area contributed by atoms with Gasteiger partial charge in [-0.1, -0.05) is 36.4 Å². The van der Waals surface area contributed by atoms with Gasteiger partial charge in [-0.3, -0.25) is 9.59 Å². The predicted octanol–water partition coefficient (Wildman–Crippen LogP) is 5.25. The van der Waals surface area contributed by atoms with Gasteiger partial charge in [-0.25, -0.2) is 9.50 Å². The molecule has 5 aromatic rings. The maximum absolute atomic E-state index is 12.9. The molecule has 0 radical (unpaired) electrons. The lowest BCUT2D eigenvalue weighted by molar-refractivity contribution is 0.102. The molecule has 2 aromatic carbocycles. The number of aryl methyl sites for hydroxylation is 1. The molecule has 7 heteroatoms. The molecule has 1 amide bonds. The number of ketones is 1. The normalized spacial score (nSPS) is 10.9. The number of carbonyl (C=O) groups excluding carboxylic acids is 2. The minimum Gasteiger partial charge on any atom is -0.322 e. The van der Waals surface area contributed by atoms with Gasteiger partial charge in [-0.15, -0.1) is 11.3 Å². The third-order valence-electron chi connectivity index (χ3n) is 5.13. The van der Waals surface area contributed by atoms with E-state index in [4.69, 9.17) is 0 Å². The number of benzene rings is 2. The molecule has 0 saturated carbocycles. The predicted molar refractivity (Wildman–Crippen MR) is 125 cm³/mol. The fourth-order valence-corrected chi connectivity index (χ4v) is 4.28. The van der Waals surface area contributed by atoms with Gasteiger partial charge in [0, 0.05) is 23.0 Å². The van der Waals surface area contributed by atoms with Crippen molar-refractivity contribution in [2.24, 2.45) is 0 Å². The first kappa shape index (κ1) is 19.8. The van der Waals surface area contributed by atoms with E-state index in [1.165, 1.54) is 11.3 Å². The summed E-state index contributed by atoms with van der Waals surface area (Å²) in [6, 6.07) is 20.3. The van der Waals surface area contributed by atoms with E-state index in [-0.39, 0.29) is 11.7 Å². The highest BCUT2D eigenvalue weighted by Crippen LogP contribution is 2.28. The standard InChI is InChI=1S/C25H18N4O2S/c1-16-14-26-24-20(23(30)21-11-6-12-32-21)15-27-29(24)22(16)18-9-5-10-19(13-18)28-25(31)17-7-3-2-4-8-17/h2-15H,1H3,(H,28,31). The molecular weight excluding hydrogens is 420 g/mol. The van der Waals surface area contributed by atoms with Crippen molar-refractivity contribution in [1.82, 2.24) is 14.6 Å². The number of nitrogens with zero attached hydrogens (tertiary/aromatic N) is 3. The number of rotatable bonds is 5. The van der Waals surface area contributed by atoms with Gasteiger partial charge in [0.05, 0.1) is 22.3 Å². The zero-order valence-corrected chi connectivity index (χ0v) is 18.0. The van der Waals surface area contributed by atoms with Crippen LogP contribution in [0.4, 0.5) is 5.69 Å². The molecule has 1 N–H and O–H groups in total. The molecule has 0 unspecified atom stereocenters. The maximum Gasteiger partial charge on any atom is 0.255 e. The van der Waals surface area contributed by atoms with Crippen LogP contribution in [0.15, 0.2) is 84.5 Å². The largest absolute Gasteiger partial charge is 0.322 e. The van der Waals surface area contributed by atoms with Gasteiger partial charge in [0.15, 0.2) is 5.65 Å². The van der Waals surface area contributed by atoms with Crippen molar-refractivity contribution in [1.29, 1.82) is 0 Å². The number of anilines is 1. The van der Waals surface area contributed by atoms with Gasteiger partial charge in [0.25, 0.3) is 5.91 Å². The number of nitrogens with one attached hydrogen (secondary N) is 1. The third kappa shape index (κ3) is 3.59. The van der Waals surface area contributed by atoms with Gasteiger partial charge in [-0.05, 0) is 48.2 Å². The molecule has 5 rings (SSSR count). The van der Waals surface area contributed by atoms with Crippen LogP contribution in [-0.2, 0) is 0 Å². The Kier molecular flexibility index (Phi) is 5.09. The van der Waals surface area contributed by atoms with E-state index in [0.717, 1.165) is 16.8 Å². The fraction of sp³-hybridized carbons (Fsp3) is 0.0400. The average Bonchev–Trinajstić information content (AvgIpc) is 3.50. The van der Waals surface area contributed by atoms with E-state index < -0.39 is 0 Å². The van der Waals surface area contributed by atoms with Crippen molar-refractivity contribution in [3.63, 3.8) is 0 Å². The zero-order valence-electron chi connectivity index (χ0n) is 17.1. The van der Waals surface area contributed by atoms with Crippen LogP contribution in [0, 0.1) is 6.92 Å². The molecule has 0 fully saturated rings. The molecule has 3 heterocycles. The molecule has 0 aliphatic rings. The number of thiophene rings is 1. The van der Waals surface area contributed by atoms with Crippen molar-refractivity contribution >= 4 is 34.4 Å². The topological polar surface area (TPSA) is 76.4 Å². The number of amides is 1. The highest BCUT2D eigenvalue weighted by molar-refractivity contribution is 7.12. The Hall–Kier alpha value is -4.10. The van der Waals surface area contributed by atoms with Gasteiger partial charge >= 0.3 is 0 Å². The first-order valence-electron chi connectivity index (χ1n) is 10.0. The van der Waals surface area contributed by atoms with Crippen molar-refractivity contribution in [2.45, 2.75) is 6.92 Å². The Morgan fingerprint density at radius 3 is 2.59 bits per heavy atom. The first-order chi connectivity index (χ1) is 15.6. The minimum absolute atomic E-state index is 0.0961. The van der Waals surface area contributed by atoms with Gasteiger partial charge in [0.1, 0.15) is 0 Å². The van der Waals surface area contributed by atoms with E-state index in [2.05, 4.69) is 15.4 Å². The van der Waals surface area contributed by atoms with E-state index in [1.54, 1.807) is 35.1 Å². The van der Waals surface area contributed by atoms with Crippen molar-refractivity contribution in [3.8, 4) is 11.3 Å². The summed E-state index contributed by atoms with van der Waals surface area (Å²) in [5.41, 5.74) is 4.80. The molecular formula is C25H18N4O2S. The number of fused-ring (bicyclic) bond motifs is 1. The lowest BCUT2D eigenvalue weighted by Crippen LogP contribution is -2.11. The number of aromatic nitrogens is 3. The molecule has 3 aromatic heterocycles. The maximum atomic E-state index is 12.9. The Balaban J connectivity index is 1.54. The van der Waals surface area contributed by atoms with Crippen LogP contribution < -0.4 is 5.32 Å². The first-order valence-corrected chi connectivity index (χ1v) is 10.9. The van der Waals surface area contributed by atoms with Crippen LogP contribution in [0.5, 0.6) is 0 Å². The number of carbonyl (C=O) groups is 2. The van der Waals surface area contributed by atoms with Gasteiger partial charge in [0.2, 0.25) is 5.78 Å². The van der Waals surface area contributed by atoms with Gasteiger partial charge in [-0.2, -0.15) is 5.10 Å². The van der Waals surface area contributed by atoms with Crippen molar-refractivity contribution in [3.05, 3.63) is 106 Å². The monoisotopic (exact) mass is 438 g/mol. The second kappa shape index (κ2) is 8.20. The Morgan fingerprint density at radius 1 is 0.969 bits per heavy atom. The van der Waals surface area contributed by atoms with Crippen molar-refractivity contribution < 1.29 is 9.59 Å². The molecule has 0 atom stereocenters. The smallest absolute Gasteiger partial charge is 0.255 e. The summed E-state index contributed by atoms with van der Waals surface area (Å²) in [4.78, 5) is 30.6. The second-order valence-electron chi connectivity index (χ2n) is 7.29. The molecule has 0 saturated heterocycles. The zero-order chi connectivity index (χ0) is 22.1. The molecule has 6 nitrogen and oxygen atoms in total. The Bertz CT molecular complexity index is 1440. The van der Waals surface area contributed by atoms with Crippen LogP contribution in [0.1, 0.15) is 31.2 Å². The quantitative estimate of drug-likeness (QED) is 0.380. The summed E-state index contributed by atoms with van der Waals surface area (Å²) >= 11 is 1.39. The second-order valence-corrected chi connectivity index (χ2v) is 8.24. The number of hydrogen-bond acceptors (Lipinski definition) is 5. The summed E-state index contributed by atoms with van der Waals surface area (Å²) < 4.78 is 1.69. The molecule has 0 spiro atoms.